The molecule has 106 valence electrons. The molecule has 0 aromatic rings. The third-order valence-electron chi connectivity index (χ3n) is 4.75. The van der Waals surface area contributed by atoms with Crippen LogP contribution in [0.25, 0.3) is 0 Å². The number of hydrogen-bond acceptors (Lipinski definition) is 2. The lowest BCUT2D eigenvalue weighted by Gasteiger charge is -2.40. The second-order valence-corrected chi connectivity index (χ2v) is 6.33. The van der Waals surface area contributed by atoms with Crippen LogP contribution in [0.2, 0.25) is 0 Å². The highest BCUT2D eigenvalue weighted by Gasteiger charge is 2.37. The molecular weight excluding hydrogens is 220 g/mol. The maximum Gasteiger partial charge on any atom is 0.0249 e. The minimum absolute atomic E-state index is 0.746. The average molecular weight is 252 g/mol. The van der Waals surface area contributed by atoms with Gasteiger partial charge in [0.1, 0.15) is 0 Å². The lowest BCUT2D eigenvalue weighted by molar-refractivity contribution is 0.111. The highest BCUT2D eigenvalue weighted by atomic mass is 15.2. The van der Waals surface area contributed by atoms with Gasteiger partial charge in [-0.25, -0.2) is 0 Å². The summed E-state index contributed by atoms with van der Waals surface area (Å²) in [4.78, 5) is 2.81. The smallest absolute Gasteiger partial charge is 0.0249 e. The van der Waals surface area contributed by atoms with Gasteiger partial charge in [-0.05, 0) is 38.1 Å². The Morgan fingerprint density at radius 3 is 2.50 bits per heavy atom. The van der Waals surface area contributed by atoms with Gasteiger partial charge in [-0.1, -0.05) is 39.5 Å². The fourth-order valence-corrected chi connectivity index (χ4v) is 3.29. The molecule has 18 heavy (non-hydrogen) atoms. The van der Waals surface area contributed by atoms with Crippen LogP contribution in [0.1, 0.15) is 65.2 Å². The SMILES string of the molecule is CCCCCCCN1CC(CC)NCC1C1CC1. The van der Waals surface area contributed by atoms with E-state index in [2.05, 4.69) is 24.1 Å². The summed E-state index contributed by atoms with van der Waals surface area (Å²) in [5.41, 5.74) is 0. The molecule has 1 aliphatic carbocycles. The minimum Gasteiger partial charge on any atom is -0.311 e. The fourth-order valence-electron chi connectivity index (χ4n) is 3.29. The normalized spacial score (nSPS) is 29.7. The molecule has 1 saturated carbocycles. The first kappa shape index (κ1) is 14.3. The Hall–Kier alpha value is -0.0800. The molecule has 0 bridgehead atoms. The molecule has 2 atom stereocenters. The standard InChI is InChI=1S/C16H32N2/c1-3-5-6-7-8-11-18-13-15(4-2)17-12-16(18)14-9-10-14/h14-17H,3-13H2,1-2H3. The first-order valence-electron chi connectivity index (χ1n) is 8.32. The van der Waals surface area contributed by atoms with E-state index in [1.165, 1.54) is 71.0 Å². The number of hydrogen-bond donors (Lipinski definition) is 1. The van der Waals surface area contributed by atoms with Crippen molar-refractivity contribution < 1.29 is 0 Å². The molecule has 2 rings (SSSR count). The van der Waals surface area contributed by atoms with E-state index in [1.807, 2.05) is 0 Å². The Kier molecular flexibility index (Phi) is 5.97. The predicted molar refractivity (Wildman–Crippen MR) is 78.9 cm³/mol. The molecule has 1 N–H and O–H groups in total. The van der Waals surface area contributed by atoms with Crippen LogP contribution in [0.4, 0.5) is 0 Å². The molecule has 0 amide bonds. The van der Waals surface area contributed by atoms with Crippen molar-refractivity contribution in [3.63, 3.8) is 0 Å². The fraction of sp³-hybridized carbons (Fsp3) is 1.00. The third-order valence-corrected chi connectivity index (χ3v) is 4.75. The van der Waals surface area contributed by atoms with Gasteiger partial charge in [0.25, 0.3) is 0 Å². The molecular formula is C16H32N2. The zero-order valence-electron chi connectivity index (χ0n) is 12.5. The number of nitrogens with zero attached hydrogens (tertiary/aromatic N) is 1. The molecule has 2 fully saturated rings. The number of piperazine rings is 1. The molecule has 2 nitrogen and oxygen atoms in total. The lowest BCUT2D eigenvalue weighted by Crippen LogP contribution is -2.57. The van der Waals surface area contributed by atoms with Crippen molar-refractivity contribution in [1.82, 2.24) is 10.2 Å². The zero-order valence-corrected chi connectivity index (χ0v) is 12.5. The molecule has 0 radical (unpaired) electrons. The Labute approximate surface area is 114 Å². The Morgan fingerprint density at radius 1 is 1.06 bits per heavy atom. The molecule has 1 heterocycles. The van der Waals surface area contributed by atoms with Crippen LogP contribution in [0.15, 0.2) is 0 Å². The molecule has 0 aromatic heterocycles. The van der Waals surface area contributed by atoms with E-state index in [4.69, 9.17) is 0 Å². The van der Waals surface area contributed by atoms with Crippen LogP contribution in [0.3, 0.4) is 0 Å². The van der Waals surface area contributed by atoms with Gasteiger partial charge < -0.3 is 5.32 Å². The van der Waals surface area contributed by atoms with Gasteiger partial charge in [0.05, 0.1) is 0 Å². The zero-order chi connectivity index (χ0) is 12.8. The van der Waals surface area contributed by atoms with Gasteiger partial charge in [0.2, 0.25) is 0 Å². The largest absolute Gasteiger partial charge is 0.311 e. The summed E-state index contributed by atoms with van der Waals surface area (Å²) in [5, 5.41) is 3.74. The van der Waals surface area contributed by atoms with E-state index < -0.39 is 0 Å². The molecule has 0 spiro atoms. The Balaban J connectivity index is 1.70. The van der Waals surface area contributed by atoms with Crippen molar-refractivity contribution in [2.45, 2.75) is 77.3 Å². The van der Waals surface area contributed by atoms with Gasteiger partial charge in [0, 0.05) is 25.2 Å². The predicted octanol–water partition coefficient (Wildman–Crippen LogP) is 3.42. The minimum atomic E-state index is 0.746. The maximum absolute atomic E-state index is 3.74. The Bertz CT molecular complexity index is 225. The summed E-state index contributed by atoms with van der Waals surface area (Å²) in [6, 6.07) is 1.61. The molecule has 2 unspecified atom stereocenters. The van der Waals surface area contributed by atoms with Crippen molar-refractivity contribution in [2.24, 2.45) is 5.92 Å². The van der Waals surface area contributed by atoms with Crippen LogP contribution in [-0.2, 0) is 0 Å². The van der Waals surface area contributed by atoms with Crippen LogP contribution >= 0.6 is 0 Å². The van der Waals surface area contributed by atoms with Crippen molar-refractivity contribution in [1.29, 1.82) is 0 Å². The van der Waals surface area contributed by atoms with E-state index in [0.29, 0.717) is 0 Å². The number of rotatable bonds is 8. The quantitative estimate of drug-likeness (QED) is 0.666. The van der Waals surface area contributed by atoms with Gasteiger partial charge >= 0.3 is 0 Å². The van der Waals surface area contributed by atoms with Gasteiger partial charge in [-0.15, -0.1) is 0 Å². The molecule has 0 aromatic carbocycles. The van der Waals surface area contributed by atoms with Crippen molar-refractivity contribution >= 4 is 0 Å². The van der Waals surface area contributed by atoms with E-state index in [1.54, 1.807) is 0 Å². The first-order chi connectivity index (χ1) is 8.85. The third kappa shape index (κ3) is 4.24. The number of unbranched alkanes of at least 4 members (excludes halogenated alkanes) is 4. The van der Waals surface area contributed by atoms with Crippen molar-refractivity contribution in [3.05, 3.63) is 0 Å². The van der Waals surface area contributed by atoms with Gasteiger partial charge in [-0.3, -0.25) is 4.90 Å². The van der Waals surface area contributed by atoms with Crippen molar-refractivity contribution in [2.75, 3.05) is 19.6 Å². The summed E-state index contributed by atoms with van der Waals surface area (Å²) in [6.07, 6.45) is 11.3. The summed E-state index contributed by atoms with van der Waals surface area (Å²) < 4.78 is 0. The monoisotopic (exact) mass is 252 g/mol. The second kappa shape index (κ2) is 7.49. The van der Waals surface area contributed by atoms with E-state index >= 15 is 0 Å². The topological polar surface area (TPSA) is 15.3 Å². The van der Waals surface area contributed by atoms with Crippen LogP contribution < -0.4 is 5.32 Å². The molecule has 1 aliphatic heterocycles. The van der Waals surface area contributed by atoms with E-state index in [-0.39, 0.29) is 0 Å². The van der Waals surface area contributed by atoms with Crippen LogP contribution in [0.5, 0.6) is 0 Å². The average Bonchev–Trinajstić information content (AvgIpc) is 3.22. The molecule has 2 heteroatoms. The summed E-state index contributed by atoms with van der Waals surface area (Å²) in [7, 11) is 0. The van der Waals surface area contributed by atoms with E-state index in [0.717, 1.165) is 18.0 Å². The maximum atomic E-state index is 3.74. The van der Waals surface area contributed by atoms with E-state index in [9.17, 15) is 0 Å². The Morgan fingerprint density at radius 2 is 1.83 bits per heavy atom. The highest BCUT2D eigenvalue weighted by Crippen LogP contribution is 2.36. The highest BCUT2D eigenvalue weighted by molar-refractivity contribution is 4.94. The summed E-state index contributed by atoms with van der Waals surface area (Å²) >= 11 is 0. The van der Waals surface area contributed by atoms with Crippen LogP contribution in [-0.4, -0.2) is 36.6 Å². The van der Waals surface area contributed by atoms with Gasteiger partial charge in [0.15, 0.2) is 0 Å². The second-order valence-electron chi connectivity index (χ2n) is 6.33. The van der Waals surface area contributed by atoms with Crippen LogP contribution in [0, 0.1) is 5.92 Å². The van der Waals surface area contributed by atoms with Gasteiger partial charge in [-0.2, -0.15) is 0 Å². The number of nitrogens with one attached hydrogen (secondary N) is 1. The summed E-state index contributed by atoms with van der Waals surface area (Å²) in [5.74, 6) is 1.02. The molecule has 1 saturated heterocycles. The van der Waals surface area contributed by atoms with Crippen molar-refractivity contribution in [3.8, 4) is 0 Å². The lowest BCUT2D eigenvalue weighted by atomic mass is 10.0. The first-order valence-corrected chi connectivity index (χ1v) is 8.32. The summed E-state index contributed by atoms with van der Waals surface area (Å²) in [6.45, 7) is 8.51. The molecule has 2 aliphatic rings.